The van der Waals surface area contributed by atoms with E-state index in [0.717, 1.165) is 36.0 Å². The fraction of sp³-hybridized carbons (Fsp3) is 0.316. The molecule has 0 aliphatic heterocycles. The van der Waals surface area contributed by atoms with Gasteiger partial charge in [-0.25, -0.2) is 9.18 Å². The Kier molecular flexibility index (Phi) is 5.11. The maximum absolute atomic E-state index is 13.5. The van der Waals surface area contributed by atoms with Crippen molar-refractivity contribution in [3.63, 3.8) is 0 Å². The molecule has 4 nitrogen and oxygen atoms in total. The molecule has 24 heavy (non-hydrogen) atoms. The van der Waals surface area contributed by atoms with Gasteiger partial charge in [-0.3, -0.25) is 0 Å². The highest BCUT2D eigenvalue weighted by atomic mass is 19.1. The van der Waals surface area contributed by atoms with Crippen LogP contribution in [0.1, 0.15) is 41.6 Å². The number of amides is 2. The fourth-order valence-electron chi connectivity index (χ4n) is 3.20. The lowest BCUT2D eigenvalue weighted by atomic mass is 9.87. The molecule has 2 aromatic rings. The van der Waals surface area contributed by atoms with Gasteiger partial charge >= 0.3 is 6.03 Å². The third-order valence-electron chi connectivity index (χ3n) is 4.42. The summed E-state index contributed by atoms with van der Waals surface area (Å²) in [6, 6.07) is 13.0. The largest absolute Gasteiger partial charge is 0.394 e. The molecule has 0 radical (unpaired) electrons. The Labute approximate surface area is 140 Å². The summed E-state index contributed by atoms with van der Waals surface area (Å²) in [6.45, 7) is -0.187. The van der Waals surface area contributed by atoms with Crippen molar-refractivity contribution < 1.29 is 14.3 Å². The zero-order valence-electron chi connectivity index (χ0n) is 13.3. The van der Waals surface area contributed by atoms with Crippen molar-refractivity contribution in [3.8, 4) is 0 Å². The van der Waals surface area contributed by atoms with Crippen molar-refractivity contribution in [1.82, 2.24) is 10.6 Å². The molecule has 3 N–H and O–H groups in total. The van der Waals surface area contributed by atoms with E-state index in [4.69, 9.17) is 0 Å². The number of aliphatic hydroxyl groups is 1. The molecule has 126 valence electrons. The van der Waals surface area contributed by atoms with Crippen LogP contribution >= 0.6 is 0 Å². The molecule has 0 saturated heterocycles. The van der Waals surface area contributed by atoms with Crippen molar-refractivity contribution in [2.24, 2.45) is 0 Å². The molecule has 1 aliphatic rings. The molecular formula is C19H21FN2O2. The van der Waals surface area contributed by atoms with Gasteiger partial charge in [-0.1, -0.05) is 36.4 Å². The van der Waals surface area contributed by atoms with Crippen LogP contribution < -0.4 is 10.6 Å². The number of rotatable bonds is 4. The molecule has 0 aromatic heterocycles. The first-order valence-electron chi connectivity index (χ1n) is 8.18. The molecular weight excluding hydrogens is 307 g/mol. The van der Waals surface area contributed by atoms with Gasteiger partial charge in [0, 0.05) is 0 Å². The Morgan fingerprint density at radius 3 is 2.79 bits per heavy atom. The first-order valence-corrected chi connectivity index (χ1v) is 8.18. The van der Waals surface area contributed by atoms with Crippen molar-refractivity contribution in [1.29, 1.82) is 0 Å². The molecule has 0 heterocycles. The molecule has 2 amide bonds. The standard InChI is InChI=1S/C19H21FN2O2/c20-15-10-9-13-7-4-8-17(16(13)11-15)21-19(24)22-18(12-23)14-5-2-1-3-6-14/h1-3,5-6,9-11,17-18,23H,4,7-8,12H2,(H2,21,22,24). The van der Waals surface area contributed by atoms with Gasteiger partial charge in [-0.15, -0.1) is 0 Å². The van der Waals surface area contributed by atoms with E-state index in [-0.39, 0.29) is 24.5 Å². The molecule has 0 saturated carbocycles. The lowest BCUT2D eigenvalue weighted by Crippen LogP contribution is -2.41. The van der Waals surface area contributed by atoms with Gasteiger partial charge < -0.3 is 15.7 Å². The van der Waals surface area contributed by atoms with Crippen LogP contribution in [0.4, 0.5) is 9.18 Å². The summed E-state index contributed by atoms with van der Waals surface area (Å²) in [4.78, 5) is 12.3. The topological polar surface area (TPSA) is 61.4 Å². The monoisotopic (exact) mass is 328 g/mol. The van der Waals surface area contributed by atoms with Crippen molar-refractivity contribution in [2.75, 3.05) is 6.61 Å². The van der Waals surface area contributed by atoms with E-state index < -0.39 is 6.04 Å². The van der Waals surface area contributed by atoms with E-state index in [2.05, 4.69) is 10.6 Å². The number of aryl methyl sites for hydroxylation is 1. The van der Waals surface area contributed by atoms with E-state index in [1.807, 2.05) is 30.3 Å². The Hall–Kier alpha value is -2.40. The Balaban J connectivity index is 1.68. The Morgan fingerprint density at radius 1 is 1.25 bits per heavy atom. The van der Waals surface area contributed by atoms with Crippen molar-refractivity contribution in [2.45, 2.75) is 31.3 Å². The van der Waals surface area contributed by atoms with Crippen LogP contribution in [0.5, 0.6) is 0 Å². The second-order valence-electron chi connectivity index (χ2n) is 6.05. The van der Waals surface area contributed by atoms with Gasteiger partial charge in [0.2, 0.25) is 0 Å². The molecule has 0 bridgehead atoms. The third-order valence-corrected chi connectivity index (χ3v) is 4.42. The van der Waals surface area contributed by atoms with Crippen LogP contribution in [0.25, 0.3) is 0 Å². The van der Waals surface area contributed by atoms with Crippen molar-refractivity contribution >= 4 is 6.03 Å². The summed E-state index contributed by atoms with van der Waals surface area (Å²) in [5.74, 6) is -0.291. The zero-order valence-corrected chi connectivity index (χ0v) is 13.3. The molecule has 5 heteroatoms. The van der Waals surface area contributed by atoms with Gasteiger partial charge in [-0.05, 0) is 48.1 Å². The maximum Gasteiger partial charge on any atom is 0.315 e. The predicted molar refractivity (Wildman–Crippen MR) is 90.0 cm³/mol. The highest BCUT2D eigenvalue weighted by Gasteiger charge is 2.23. The molecule has 0 fully saturated rings. The van der Waals surface area contributed by atoms with Crippen LogP contribution in [0.2, 0.25) is 0 Å². The van der Waals surface area contributed by atoms with Gasteiger partial charge in [0.15, 0.2) is 0 Å². The minimum Gasteiger partial charge on any atom is -0.394 e. The van der Waals surface area contributed by atoms with E-state index in [0.29, 0.717) is 0 Å². The lowest BCUT2D eigenvalue weighted by Gasteiger charge is -2.27. The smallest absolute Gasteiger partial charge is 0.315 e. The molecule has 1 aliphatic carbocycles. The fourth-order valence-corrected chi connectivity index (χ4v) is 3.20. The summed E-state index contributed by atoms with van der Waals surface area (Å²) in [7, 11) is 0. The molecule has 0 spiro atoms. The Bertz CT molecular complexity index is 706. The van der Waals surface area contributed by atoms with Crippen LogP contribution in [0.3, 0.4) is 0 Å². The third kappa shape index (κ3) is 3.74. The van der Waals surface area contributed by atoms with E-state index in [1.165, 1.54) is 12.1 Å². The minimum atomic E-state index is -0.471. The normalized spacial score (nSPS) is 17.7. The van der Waals surface area contributed by atoms with Crippen LogP contribution in [0, 0.1) is 5.82 Å². The number of nitrogens with one attached hydrogen (secondary N) is 2. The average Bonchev–Trinajstić information content (AvgIpc) is 2.61. The van der Waals surface area contributed by atoms with E-state index >= 15 is 0 Å². The van der Waals surface area contributed by atoms with Gasteiger partial charge in [0.1, 0.15) is 5.82 Å². The Morgan fingerprint density at radius 2 is 2.04 bits per heavy atom. The number of carbonyl (C=O) groups is 1. The number of urea groups is 1. The second-order valence-corrected chi connectivity index (χ2v) is 6.05. The second kappa shape index (κ2) is 7.45. The van der Waals surface area contributed by atoms with E-state index in [9.17, 15) is 14.3 Å². The summed E-state index contributed by atoms with van der Waals surface area (Å²) in [5.41, 5.74) is 2.76. The number of hydrogen-bond donors (Lipinski definition) is 3. The zero-order chi connectivity index (χ0) is 16.9. The SMILES string of the molecule is O=C(NC(CO)c1ccccc1)NC1CCCc2ccc(F)cc21. The number of hydrogen-bond acceptors (Lipinski definition) is 2. The highest BCUT2D eigenvalue weighted by molar-refractivity contribution is 5.75. The highest BCUT2D eigenvalue weighted by Crippen LogP contribution is 2.30. The number of carbonyl (C=O) groups excluding carboxylic acids is 1. The quantitative estimate of drug-likeness (QED) is 0.807. The number of aliphatic hydroxyl groups excluding tert-OH is 1. The lowest BCUT2D eigenvalue weighted by molar-refractivity contribution is 0.213. The average molecular weight is 328 g/mol. The first-order chi connectivity index (χ1) is 11.7. The van der Waals surface area contributed by atoms with Crippen LogP contribution in [-0.4, -0.2) is 17.7 Å². The number of benzene rings is 2. The van der Waals surface area contributed by atoms with Gasteiger partial charge in [-0.2, -0.15) is 0 Å². The first kappa shape index (κ1) is 16.5. The summed E-state index contributed by atoms with van der Waals surface area (Å²) >= 11 is 0. The molecule has 2 atom stereocenters. The maximum atomic E-state index is 13.5. The van der Waals surface area contributed by atoms with E-state index in [1.54, 1.807) is 6.07 Å². The van der Waals surface area contributed by atoms with Crippen LogP contribution in [0.15, 0.2) is 48.5 Å². The summed E-state index contributed by atoms with van der Waals surface area (Å²) < 4.78 is 13.5. The van der Waals surface area contributed by atoms with Crippen molar-refractivity contribution in [3.05, 3.63) is 71.0 Å². The minimum absolute atomic E-state index is 0.187. The predicted octanol–water partition coefficient (Wildman–Crippen LogP) is 3.24. The number of fused-ring (bicyclic) bond motifs is 1. The van der Waals surface area contributed by atoms with Gasteiger partial charge in [0.05, 0.1) is 18.7 Å². The molecule has 2 unspecified atom stereocenters. The number of halogens is 1. The van der Waals surface area contributed by atoms with Gasteiger partial charge in [0.25, 0.3) is 0 Å². The summed E-state index contributed by atoms with van der Waals surface area (Å²) in [6.07, 6.45) is 2.63. The summed E-state index contributed by atoms with van der Waals surface area (Å²) in [5, 5.41) is 15.2. The molecule has 2 aromatic carbocycles. The molecule has 3 rings (SSSR count). The van der Waals surface area contributed by atoms with Crippen LogP contribution in [-0.2, 0) is 6.42 Å².